The molecule has 0 bridgehead atoms. The fourth-order valence-corrected chi connectivity index (χ4v) is 2.46. The van der Waals surface area contributed by atoms with E-state index < -0.39 is 0 Å². The first-order valence-corrected chi connectivity index (χ1v) is 7.37. The predicted octanol–water partition coefficient (Wildman–Crippen LogP) is 3.22. The molecule has 3 heterocycles. The van der Waals surface area contributed by atoms with Crippen molar-refractivity contribution in [1.29, 1.82) is 0 Å². The standard InChI is InChI=1S/C17H15N4.Fe/c1-17(6-5-14-11-18-13-19-12-14)7-9-21-16(10-17)15-4-2-3-8-20-15;/h2-13H,1H3;/q-1;+1. The molecule has 1 atom stereocenters. The third-order valence-corrected chi connectivity index (χ3v) is 3.81. The van der Waals surface area contributed by atoms with Gasteiger partial charge in [0.15, 0.2) is 0 Å². The Bertz CT molecular complexity index is 725. The summed E-state index contributed by atoms with van der Waals surface area (Å²) in [6.45, 7) is 2.14. The fourth-order valence-electron chi connectivity index (χ4n) is 2.18. The summed E-state index contributed by atoms with van der Waals surface area (Å²) in [5, 5.41) is 0. The van der Waals surface area contributed by atoms with E-state index in [-0.39, 0.29) is 5.41 Å². The fraction of sp³-hybridized carbons (Fsp3) is 0.118. The van der Waals surface area contributed by atoms with E-state index in [2.05, 4.69) is 56.3 Å². The topological polar surface area (TPSA) is 41.9 Å². The van der Waals surface area contributed by atoms with Gasteiger partial charge in [-0.1, -0.05) is 0 Å². The van der Waals surface area contributed by atoms with Crippen molar-refractivity contribution in [3.05, 3.63) is 78.8 Å². The van der Waals surface area contributed by atoms with Crippen LogP contribution in [-0.4, -0.2) is 18.9 Å². The van der Waals surface area contributed by atoms with E-state index in [1.807, 2.05) is 34.4 Å². The Morgan fingerprint density at radius 3 is 2.77 bits per heavy atom. The van der Waals surface area contributed by atoms with Gasteiger partial charge in [-0.05, 0) is 0 Å². The Balaban J connectivity index is 1.91. The average Bonchev–Trinajstić information content (AvgIpc) is 2.57. The SMILES string of the molecule is CC1(C=Cc2cncnc2)C=C[N]([Fe])C(c2ccccn2)=C1. The Labute approximate surface area is 138 Å². The molecule has 0 amide bonds. The molecule has 1 aliphatic rings. The second kappa shape index (κ2) is 6.26. The number of rotatable bonds is 3. The van der Waals surface area contributed by atoms with Crippen molar-refractivity contribution >= 4 is 11.8 Å². The molecule has 3 rings (SSSR count). The zero-order chi connectivity index (χ0) is 15.4. The summed E-state index contributed by atoms with van der Waals surface area (Å²) in [6.07, 6.45) is 17.3. The first-order valence-electron chi connectivity index (χ1n) is 6.88. The molecule has 22 heavy (non-hydrogen) atoms. The van der Waals surface area contributed by atoms with Gasteiger partial charge in [0.2, 0.25) is 0 Å². The molecule has 2 aromatic rings. The van der Waals surface area contributed by atoms with E-state index in [0.29, 0.717) is 0 Å². The first kappa shape index (κ1) is 14.7. The summed E-state index contributed by atoms with van der Waals surface area (Å²) in [5.74, 6) is 0. The molecule has 0 aromatic carbocycles. The van der Waals surface area contributed by atoms with E-state index in [1.54, 1.807) is 18.6 Å². The van der Waals surface area contributed by atoms with Gasteiger partial charge in [0.1, 0.15) is 0 Å². The van der Waals surface area contributed by atoms with Crippen LogP contribution < -0.4 is 0 Å². The second-order valence-electron chi connectivity index (χ2n) is 5.23. The van der Waals surface area contributed by atoms with E-state index >= 15 is 0 Å². The monoisotopic (exact) mass is 331 g/mol. The zero-order valence-corrected chi connectivity index (χ0v) is 13.2. The summed E-state index contributed by atoms with van der Waals surface area (Å²) in [7, 11) is 0. The number of allylic oxidation sites excluding steroid dienone is 3. The Morgan fingerprint density at radius 1 is 1.23 bits per heavy atom. The third-order valence-electron chi connectivity index (χ3n) is 3.38. The van der Waals surface area contributed by atoms with Gasteiger partial charge in [-0.3, -0.25) is 0 Å². The van der Waals surface area contributed by atoms with Gasteiger partial charge in [-0.15, -0.1) is 0 Å². The second-order valence-corrected chi connectivity index (χ2v) is 5.76. The van der Waals surface area contributed by atoms with Crippen molar-refractivity contribution in [2.75, 3.05) is 0 Å². The van der Waals surface area contributed by atoms with Crippen molar-refractivity contribution in [3.8, 4) is 0 Å². The minimum absolute atomic E-state index is 0.211. The molecule has 0 saturated heterocycles. The number of aromatic nitrogens is 3. The quantitative estimate of drug-likeness (QED) is 0.810. The van der Waals surface area contributed by atoms with E-state index in [0.717, 1.165) is 17.0 Å². The molecular weight excluding hydrogens is 316 g/mol. The maximum atomic E-state index is 4.41. The van der Waals surface area contributed by atoms with Crippen LogP contribution in [0.2, 0.25) is 0 Å². The van der Waals surface area contributed by atoms with Gasteiger partial charge in [0, 0.05) is 0 Å². The van der Waals surface area contributed by atoms with Crippen molar-refractivity contribution < 1.29 is 16.2 Å². The predicted molar refractivity (Wildman–Crippen MR) is 82.4 cm³/mol. The summed E-state index contributed by atoms with van der Waals surface area (Å²) in [5.41, 5.74) is 2.66. The van der Waals surface area contributed by atoms with E-state index in [9.17, 15) is 0 Å². The molecule has 111 valence electrons. The van der Waals surface area contributed by atoms with Gasteiger partial charge in [0.25, 0.3) is 0 Å². The Hall–Kier alpha value is -2.23. The molecule has 4 nitrogen and oxygen atoms in total. The zero-order valence-electron chi connectivity index (χ0n) is 12.1. The molecule has 0 aliphatic carbocycles. The van der Waals surface area contributed by atoms with Crippen molar-refractivity contribution in [3.63, 3.8) is 0 Å². The van der Waals surface area contributed by atoms with Gasteiger partial charge < -0.3 is 0 Å². The number of hydrogen-bond donors (Lipinski definition) is 0. The molecule has 0 radical (unpaired) electrons. The average molecular weight is 331 g/mol. The molecule has 1 aliphatic heterocycles. The van der Waals surface area contributed by atoms with Crippen LogP contribution in [0.3, 0.4) is 0 Å². The summed E-state index contributed by atoms with van der Waals surface area (Å²) >= 11 is 4.03. The Morgan fingerprint density at radius 2 is 2.05 bits per heavy atom. The third kappa shape index (κ3) is 3.32. The molecule has 0 spiro atoms. The molecule has 1 unspecified atom stereocenters. The summed E-state index contributed by atoms with van der Waals surface area (Å²) in [6, 6.07) is 5.87. The normalized spacial score (nSPS) is 21.2. The number of nitrogens with zero attached hydrogens (tertiary/aromatic N) is 4. The molecule has 0 saturated carbocycles. The van der Waals surface area contributed by atoms with Crippen LogP contribution in [0.15, 0.2) is 67.5 Å². The van der Waals surface area contributed by atoms with E-state index in [1.165, 1.54) is 6.33 Å². The minimum atomic E-state index is -0.211. The van der Waals surface area contributed by atoms with Crippen LogP contribution in [0.4, 0.5) is 0 Å². The van der Waals surface area contributed by atoms with Gasteiger partial charge >= 0.3 is 138 Å². The molecule has 2 aromatic heterocycles. The summed E-state index contributed by atoms with van der Waals surface area (Å²) in [4.78, 5) is 12.5. The van der Waals surface area contributed by atoms with Crippen molar-refractivity contribution in [2.45, 2.75) is 6.92 Å². The number of pyridine rings is 1. The molecular formula is C17H15FeN4. The molecule has 0 N–H and O–H groups in total. The van der Waals surface area contributed by atoms with Gasteiger partial charge in [-0.2, -0.15) is 0 Å². The van der Waals surface area contributed by atoms with Crippen LogP contribution in [0.25, 0.3) is 11.8 Å². The van der Waals surface area contributed by atoms with Crippen molar-refractivity contribution in [1.82, 2.24) is 18.9 Å². The van der Waals surface area contributed by atoms with Gasteiger partial charge in [0.05, 0.1) is 0 Å². The van der Waals surface area contributed by atoms with Crippen LogP contribution in [-0.2, 0) is 16.2 Å². The van der Waals surface area contributed by atoms with Crippen LogP contribution in [0.1, 0.15) is 18.2 Å². The maximum absolute atomic E-state index is 4.41. The first-order chi connectivity index (χ1) is 10.7. The van der Waals surface area contributed by atoms with Crippen molar-refractivity contribution in [2.24, 2.45) is 5.41 Å². The van der Waals surface area contributed by atoms with E-state index in [4.69, 9.17) is 0 Å². The van der Waals surface area contributed by atoms with Crippen LogP contribution >= 0.6 is 0 Å². The van der Waals surface area contributed by atoms with Crippen LogP contribution in [0.5, 0.6) is 0 Å². The molecule has 0 fully saturated rings. The molecule has 5 heteroatoms. The van der Waals surface area contributed by atoms with Gasteiger partial charge in [-0.25, -0.2) is 0 Å². The summed E-state index contributed by atoms with van der Waals surface area (Å²) < 4.78 is 1.84. The van der Waals surface area contributed by atoms with Crippen LogP contribution in [0, 0.1) is 5.41 Å². The number of hydrogen-bond acceptors (Lipinski definition) is 4. The Kier molecular flexibility index (Phi) is 4.18.